The van der Waals surface area contributed by atoms with Crippen molar-refractivity contribution in [1.29, 1.82) is 0 Å². The van der Waals surface area contributed by atoms with Gasteiger partial charge in [-0.3, -0.25) is 43.2 Å². The number of sulfone groups is 1. The Labute approximate surface area is 281 Å². The van der Waals surface area contributed by atoms with Crippen molar-refractivity contribution in [3.8, 4) is 0 Å². The fourth-order valence-corrected chi connectivity index (χ4v) is 4.71. The highest BCUT2D eigenvalue weighted by Crippen LogP contribution is 2.02. The second kappa shape index (κ2) is 22.6. The molecule has 278 valence electrons. The number of carbonyl (C=O) groups excluding carboxylic acids is 7. The van der Waals surface area contributed by atoms with E-state index in [1.807, 2.05) is 0 Å². The average molecular weight is 725 g/mol. The van der Waals surface area contributed by atoms with Gasteiger partial charge in [0.25, 0.3) is 0 Å². The van der Waals surface area contributed by atoms with E-state index in [9.17, 15) is 51.6 Å². The maximum absolute atomic E-state index is 12.9. The summed E-state index contributed by atoms with van der Waals surface area (Å²) in [6, 6.07) is -4.31. The predicted octanol–water partition coefficient (Wildman–Crippen LogP) is -6.51. The van der Waals surface area contributed by atoms with Gasteiger partial charge in [-0.05, 0) is 12.8 Å². The number of hydrogen-bond acceptors (Lipinski definition) is 13. The van der Waals surface area contributed by atoms with E-state index in [0.29, 0.717) is 0 Å². The van der Waals surface area contributed by atoms with E-state index in [4.69, 9.17) is 26.8 Å². The van der Waals surface area contributed by atoms with Gasteiger partial charge in [0.1, 0.15) is 18.7 Å². The van der Waals surface area contributed by atoms with E-state index in [1.165, 1.54) is 11.9 Å². The Bertz CT molecular complexity index is 1330. The molecule has 0 saturated carbocycles. The maximum atomic E-state index is 12.9. The normalized spacial score (nSPS) is 12.7. The molecular formula is C26H44N8O14S. The number of nitrogens with two attached hydrogens (primary N) is 2. The van der Waals surface area contributed by atoms with E-state index in [-0.39, 0.29) is 19.5 Å². The molecule has 0 heterocycles. The van der Waals surface area contributed by atoms with Crippen LogP contribution in [0.15, 0.2) is 0 Å². The molecule has 0 unspecified atom stereocenters. The van der Waals surface area contributed by atoms with E-state index < -0.39 is 145 Å². The molecule has 0 aromatic rings. The number of primary amides is 1. The number of hydrogen-bond donors (Lipinski definition) is 10. The van der Waals surface area contributed by atoms with Gasteiger partial charge in [-0.2, -0.15) is 0 Å². The lowest BCUT2D eigenvalue weighted by Crippen LogP contribution is -2.56. The lowest BCUT2D eigenvalue weighted by molar-refractivity contribution is -0.139. The number of aliphatic carboxylic acids is 2. The minimum absolute atomic E-state index is 0.0382. The molecule has 12 N–H and O–H groups in total. The third-order valence-corrected chi connectivity index (χ3v) is 8.10. The van der Waals surface area contributed by atoms with Crippen molar-refractivity contribution < 1.29 is 66.9 Å². The summed E-state index contributed by atoms with van der Waals surface area (Å²) in [6.45, 7) is -2.17. The van der Waals surface area contributed by atoms with Gasteiger partial charge >= 0.3 is 11.9 Å². The number of nitrogens with zero attached hydrogens (tertiary/aromatic N) is 1. The molecule has 0 aliphatic heterocycles. The van der Waals surface area contributed by atoms with Crippen molar-refractivity contribution in [2.75, 3.05) is 51.3 Å². The molecule has 49 heavy (non-hydrogen) atoms. The summed E-state index contributed by atoms with van der Waals surface area (Å²) in [6.07, 6.45) is -2.77. The number of carboxylic acid groups (broad SMARTS) is 2. The fourth-order valence-electron chi connectivity index (χ4n) is 3.68. The van der Waals surface area contributed by atoms with Gasteiger partial charge in [-0.1, -0.05) is 0 Å². The molecule has 0 aliphatic carbocycles. The van der Waals surface area contributed by atoms with E-state index in [1.54, 1.807) is 0 Å². The van der Waals surface area contributed by atoms with Gasteiger partial charge in [0.2, 0.25) is 41.4 Å². The van der Waals surface area contributed by atoms with Crippen molar-refractivity contribution in [2.45, 2.75) is 56.7 Å². The number of aliphatic hydroxyl groups excluding tert-OH is 1. The van der Waals surface area contributed by atoms with Crippen LogP contribution in [0.25, 0.3) is 0 Å². The highest BCUT2D eigenvalue weighted by molar-refractivity contribution is 7.91. The zero-order chi connectivity index (χ0) is 37.7. The lowest BCUT2D eigenvalue weighted by Gasteiger charge is -2.22. The Morgan fingerprint density at radius 2 is 1.31 bits per heavy atom. The molecule has 0 aliphatic rings. The number of carboxylic acids is 2. The Balaban J connectivity index is 5.12. The van der Waals surface area contributed by atoms with Crippen LogP contribution in [0.5, 0.6) is 0 Å². The molecule has 0 rings (SSSR count). The molecular weight excluding hydrogens is 680 g/mol. The van der Waals surface area contributed by atoms with E-state index in [0.717, 1.165) is 0 Å². The van der Waals surface area contributed by atoms with Crippen LogP contribution in [0.4, 0.5) is 0 Å². The minimum Gasteiger partial charge on any atom is -0.481 e. The quantitative estimate of drug-likeness (QED) is 0.0418. The van der Waals surface area contributed by atoms with Gasteiger partial charge in [0.05, 0.1) is 36.9 Å². The third-order valence-electron chi connectivity index (χ3n) is 6.45. The molecule has 0 aromatic carbocycles. The number of aliphatic hydroxyl groups is 1. The lowest BCUT2D eigenvalue weighted by atomic mass is 10.1. The highest BCUT2D eigenvalue weighted by Gasteiger charge is 2.29. The van der Waals surface area contributed by atoms with E-state index in [2.05, 4.69) is 26.6 Å². The van der Waals surface area contributed by atoms with Crippen molar-refractivity contribution >= 4 is 63.1 Å². The summed E-state index contributed by atoms with van der Waals surface area (Å²) < 4.78 is 24.8. The first-order valence-electron chi connectivity index (χ1n) is 14.7. The number of rotatable bonds is 25. The monoisotopic (exact) mass is 724 g/mol. The summed E-state index contributed by atoms with van der Waals surface area (Å²) in [5, 5.41) is 37.5. The fraction of sp³-hybridized carbons (Fsp3) is 0.654. The summed E-state index contributed by atoms with van der Waals surface area (Å²) in [4.78, 5) is 107. The first-order chi connectivity index (χ1) is 22.8. The van der Waals surface area contributed by atoms with Crippen molar-refractivity contribution in [2.24, 2.45) is 11.5 Å². The molecule has 0 bridgehead atoms. The molecule has 23 heteroatoms. The highest BCUT2D eigenvalue weighted by atomic mass is 32.2. The van der Waals surface area contributed by atoms with Crippen molar-refractivity contribution in [3.63, 3.8) is 0 Å². The SMILES string of the molecule is CN(CC[C@H](N)C(=O)NCCS(=O)(=O)CCNC(=O)[C@@H](CCC(=O)O)NC(=O)[C@H](CC(N)=O)NC(=O)CNC(=O)CCC(=O)O)C(=O)CO. The molecule has 0 saturated heterocycles. The second-order valence-corrected chi connectivity index (χ2v) is 12.9. The number of nitrogens with one attached hydrogen (secondary N) is 5. The molecule has 0 radical (unpaired) electrons. The van der Waals surface area contributed by atoms with Gasteiger partial charge in [-0.25, -0.2) is 8.42 Å². The number of likely N-dealkylation sites (N-methyl/N-ethyl adjacent to an activating group) is 1. The third kappa shape index (κ3) is 20.8. The zero-order valence-corrected chi connectivity index (χ0v) is 27.6. The molecule has 0 aromatic heterocycles. The zero-order valence-electron chi connectivity index (χ0n) is 26.8. The Morgan fingerprint density at radius 3 is 1.84 bits per heavy atom. The minimum atomic E-state index is -3.86. The topological polar surface area (TPSA) is 364 Å². The molecule has 0 spiro atoms. The number of amides is 7. The van der Waals surface area contributed by atoms with Crippen LogP contribution >= 0.6 is 0 Å². The summed E-state index contributed by atoms with van der Waals surface area (Å²) in [5.41, 5.74) is 10.9. The largest absolute Gasteiger partial charge is 0.481 e. The molecule has 3 atom stereocenters. The number of carbonyl (C=O) groups is 9. The molecule has 7 amide bonds. The van der Waals surface area contributed by atoms with E-state index >= 15 is 0 Å². The van der Waals surface area contributed by atoms with Crippen LogP contribution < -0.4 is 38.1 Å². The summed E-state index contributed by atoms with van der Waals surface area (Å²) in [5.74, 6) is -9.97. The van der Waals surface area contributed by atoms with Gasteiger partial charge < -0.3 is 58.3 Å². The van der Waals surface area contributed by atoms with Gasteiger partial charge in [0.15, 0.2) is 9.84 Å². The van der Waals surface area contributed by atoms with Crippen molar-refractivity contribution in [3.05, 3.63) is 0 Å². The smallest absolute Gasteiger partial charge is 0.303 e. The van der Waals surface area contributed by atoms with Crippen LogP contribution in [-0.4, -0.2) is 151 Å². The Kier molecular flexibility index (Phi) is 20.4. The van der Waals surface area contributed by atoms with Crippen LogP contribution in [0.2, 0.25) is 0 Å². The first-order valence-corrected chi connectivity index (χ1v) is 16.5. The summed E-state index contributed by atoms with van der Waals surface area (Å²) in [7, 11) is -2.46. The van der Waals surface area contributed by atoms with Crippen LogP contribution in [-0.2, 0) is 53.0 Å². The van der Waals surface area contributed by atoms with Crippen LogP contribution in [0.1, 0.15) is 38.5 Å². The predicted molar refractivity (Wildman–Crippen MR) is 166 cm³/mol. The maximum Gasteiger partial charge on any atom is 0.303 e. The average Bonchev–Trinajstić information content (AvgIpc) is 3.01. The van der Waals surface area contributed by atoms with Crippen molar-refractivity contribution in [1.82, 2.24) is 31.5 Å². The first kappa shape index (κ1) is 44.1. The summed E-state index contributed by atoms with van der Waals surface area (Å²) >= 11 is 0. The molecule has 22 nitrogen and oxygen atoms in total. The second-order valence-electron chi connectivity index (χ2n) is 10.6. The standard InChI is InChI=1S/C26H44N8O14S/c1-34(21(39)14-35)9-6-15(27)24(44)29-7-10-49(47,48)11-8-30-25(45)16(2-4-22(40)41)33-26(46)17(12-18(28)36)32-20(38)13-31-19(37)3-5-23(42)43/h15-17,35H,2-14,27H2,1H3,(H2,28,36)(H,29,44)(H,30,45)(H,31,37)(H,32,38)(H,33,46)(H,40,41)(H,42,43)/t15-,16+,17-/m0/s1. The van der Waals surface area contributed by atoms with Crippen LogP contribution in [0, 0.1) is 0 Å². The van der Waals surface area contributed by atoms with Gasteiger partial charge in [0, 0.05) is 39.5 Å². The van der Waals surface area contributed by atoms with Gasteiger partial charge in [-0.15, -0.1) is 0 Å². The Morgan fingerprint density at radius 1 is 0.735 bits per heavy atom. The Hall–Kier alpha value is -4.90. The molecule has 0 fully saturated rings. The van der Waals surface area contributed by atoms with Crippen LogP contribution in [0.3, 0.4) is 0 Å².